The Labute approximate surface area is 104 Å². The molecule has 0 spiro atoms. The summed E-state index contributed by atoms with van der Waals surface area (Å²) in [6.07, 6.45) is 2.85. The monoisotopic (exact) mass is 244 g/mol. The Balaban J connectivity index is 3.36. The highest BCUT2D eigenvalue weighted by molar-refractivity contribution is 8.00. The van der Waals surface area contributed by atoms with Crippen molar-refractivity contribution in [3.63, 3.8) is 0 Å². The van der Waals surface area contributed by atoms with Crippen LogP contribution in [0.3, 0.4) is 0 Å². The Morgan fingerprint density at radius 2 is 2.12 bits per heavy atom. The number of amides is 1. The fraction of sp³-hybridized carbons (Fsp3) is 0.750. The zero-order valence-electron chi connectivity index (χ0n) is 10.5. The van der Waals surface area contributed by atoms with E-state index in [4.69, 9.17) is 0 Å². The minimum Gasteiger partial charge on any atom is -0.355 e. The van der Waals surface area contributed by atoms with Crippen molar-refractivity contribution in [3.05, 3.63) is 12.7 Å². The van der Waals surface area contributed by atoms with Crippen molar-refractivity contribution in [2.24, 2.45) is 0 Å². The van der Waals surface area contributed by atoms with E-state index in [-0.39, 0.29) is 5.91 Å². The number of rotatable bonds is 10. The first-order chi connectivity index (χ1) is 7.74. The van der Waals surface area contributed by atoms with Gasteiger partial charge in [-0.15, -0.1) is 18.3 Å². The van der Waals surface area contributed by atoms with Gasteiger partial charge in [0, 0.05) is 12.3 Å². The van der Waals surface area contributed by atoms with Crippen molar-refractivity contribution >= 4 is 17.7 Å². The van der Waals surface area contributed by atoms with E-state index in [0.29, 0.717) is 5.75 Å². The fourth-order valence-corrected chi connectivity index (χ4v) is 1.93. The van der Waals surface area contributed by atoms with Gasteiger partial charge in [-0.2, -0.15) is 0 Å². The molecule has 0 bridgehead atoms. The summed E-state index contributed by atoms with van der Waals surface area (Å²) in [5, 5.41) is 2.92. The van der Waals surface area contributed by atoms with Crippen LogP contribution in [0.5, 0.6) is 0 Å². The molecule has 0 atom stereocenters. The number of nitrogens with zero attached hydrogens (tertiary/aromatic N) is 1. The molecule has 4 heteroatoms. The SMILES string of the molecule is C=CCSCC(=O)NCCCN(CC)CC. The lowest BCUT2D eigenvalue weighted by Gasteiger charge is -2.17. The number of hydrogen-bond donors (Lipinski definition) is 1. The summed E-state index contributed by atoms with van der Waals surface area (Å²) < 4.78 is 0. The van der Waals surface area contributed by atoms with Gasteiger partial charge >= 0.3 is 0 Å². The summed E-state index contributed by atoms with van der Waals surface area (Å²) in [5.41, 5.74) is 0. The lowest BCUT2D eigenvalue weighted by atomic mass is 10.3. The van der Waals surface area contributed by atoms with Gasteiger partial charge in [0.25, 0.3) is 0 Å². The van der Waals surface area contributed by atoms with Gasteiger partial charge in [0.15, 0.2) is 0 Å². The van der Waals surface area contributed by atoms with Crippen molar-refractivity contribution < 1.29 is 4.79 Å². The zero-order valence-corrected chi connectivity index (χ0v) is 11.3. The minimum absolute atomic E-state index is 0.131. The molecule has 0 radical (unpaired) electrons. The van der Waals surface area contributed by atoms with E-state index in [0.717, 1.165) is 38.4 Å². The molecule has 0 aromatic carbocycles. The first-order valence-corrected chi connectivity index (χ1v) is 7.07. The van der Waals surface area contributed by atoms with Crippen molar-refractivity contribution in [1.29, 1.82) is 0 Å². The largest absolute Gasteiger partial charge is 0.355 e. The molecular weight excluding hydrogens is 220 g/mol. The quantitative estimate of drug-likeness (QED) is 0.469. The van der Waals surface area contributed by atoms with Crippen LogP contribution in [0.1, 0.15) is 20.3 Å². The van der Waals surface area contributed by atoms with Gasteiger partial charge in [-0.3, -0.25) is 4.79 Å². The first-order valence-electron chi connectivity index (χ1n) is 5.92. The maximum atomic E-state index is 11.3. The van der Waals surface area contributed by atoms with Gasteiger partial charge in [-0.25, -0.2) is 0 Å². The van der Waals surface area contributed by atoms with Crippen LogP contribution >= 0.6 is 11.8 Å². The van der Waals surface area contributed by atoms with Crippen LogP contribution in [0.4, 0.5) is 0 Å². The molecule has 0 aromatic rings. The van der Waals surface area contributed by atoms with E-state index in [1.807, 2.05) is 6.08 Å². The number of carbonyl (C=O) groups is 1. The molecule has 16 heavy (non-hydrogen) atoms. The maximum absolute atomic E-state index is 11.3. The molecule has 0 unspecified atom stereocenters. The predicted octanol–water partition coefficient (Wildman–Crippen LogP) is 1.75. The average Bonchev–Trinajstić information content (AvgIpc) is 2.30. The standard InChI is InChI=1S/C12H24N2OS/c1-4-10-16-11-12(15)13-8-7-9-14(5-2)6-3/h4H,1,5-11H2,2-3H3,(H,13,15). The van der Waals surface area contributed by atoms with Crippen molar-refractivity contribution in [3.8, 4) is 0 Å². The Bertz CT molecular complexity index is 193. The minimum atomic E-state index is 0.131. The Kier molecular flexibility index (Phi) is 10.7. The zero-order chi connectivity index (χ0) is 12.2. The second-order valence-electron chi connectivity index (χ2n) is 3.53. The molecule has 94 valence electrons. The third-order valence-corrected chi connectivity index (χ3v) is 3.27. The van der Waals surface area contributed by atoms with E-state index in [2.05, 4.69) is 30.6 Å². The molecule has 1 amide bonds. The summed E-state index contributed by atoms with van der Waals surface area (Å²) in [5.74, 6) is 1.51. The van der Waals surface area contributed by atoms with Gasteiger partial charge in [-0.1, -0.05) is 19.9 Å². The van der Waals surface area contributed by atoms with Crippen LogP contribution in [0.15, 0.2) is 12.7 Å². The molecule has 0 aliphatic heterocycles. The van der Waals surface area contributed by atoms with E-state index in [1.165, 1.54) is 0 Å². The van der Waals surface area contributed by atoms with Gasteiger partial charge in [-0.05, 0) is 26.1 Å². The Morgan fingerprint density at radius 1 is 1.44 bits per heavy atom. The first kappa shape index (κ1) is 15.5. The van der Waals surface area contributed by atoms with Crippen molar-refractivity contribution in [2.75, 3.05) is 37.7 Å². The molecule has 3 nitrogen and oxygen atoms in total. The van der Waals surface area contributed by atoms with Crippen LogP contribution in [0, 0.1) is 0 Å². The molecule has 0 aliphatic carbocycles. The van der Waals surface area contributed by atoms with Crippen LogP contribution in [-0.2, 0) is 4.79 Å². The fourth-order valence-electron chi connectivity index (χ4n) is 1.36. The Hall–Kier alpha value is -0.480. The molecule has 1 N–H and O–H groups in total. The van der Waals surface area contributed by atoms with Crippen LogP contribution in [0.2, 0.25) is 0 Å². The summed E-state index contributed by atoms with van der Waals surface area (Å²) in [7, 11) is 0. The number of nitrogens with one attached hydrogen (secondary N) is 1. The third-order valence-electron chi connectivity index (χ3n) is 2.34. The molecule has 0 aromatic heterocycles. The molecular formula is C12H24N2OS. The molecule has 0 heterocycles. The van der Waals surface area contributed by atoms with E-state index in [9.17, 15) is 4.79 Å². The van der Waals surface area contributed by atoms with Gasteiger partial charge < -0.3 is 10.2 Å². The highest BCUT2D eigenvalue weighted by Crippen LogP contribution is 1.98. The topological polar surface area (TPSA) is 32.3 Å². The summed E-state index contributed by atoms with van der Waals surface area (Å²) in [6, 6.07) is 0. The highest BCUT2D eigenvalue weighted by atomic mass is 32.2. The predicted molar refractivity (Wildman–Crippen MR) is 72.9 cm³/mol. The van der Waals surface area contributed by atoms with Gasteiger partial charge in [0.1, 0.15) is 0 Å². The van der Waals surface area contributed by atoms with Crippen molar-refractivity contribution in [2.45, 2.75) is 20.3 Å². The second-order valence-corrected chi connectivity index (χ2v) is 4.56. The molecule has 0 saturated heterocycles. The second kappa shape index (κ2) is 11.0. The molecule has 0 fully saturated rings. The lowest BCUT2D eigenvalue weighted by molar-refractivity contribution is -0.118. The molecule has 0 saturated carbocycles. The highest BCUT2D eigenvalue weighted by Gasteiger charge is 2.01. The number of hydrogen-bond acceptors (Lipinski definition) is 3. The lowest BCUT2D eigenvalue weighted by Crippen LogP contribution is -2.30. The van der Waals surface area contributed by atoms with Crippen LogP contribution < -0.4 is 5.32 Å². The van der Waals surface area contributed by atoms with E-state index >= 15 is 0 Å². The van der Waals surface area contributed by atoms with Gasteiger partial charge in [0.05, 0.1) is 5.75 Å². The van der Waals surface area contributed by atoms with E-state index < -0.39 is 0 Å². The van der Waals surface area contributed by atoms with Gasteiger partial charge in [0.2, 0.25) is 5.91 Å². The average molecular weight is 244 g/mol. The maximum Gasteiger partial charge on any atom is 0.230 e. The summed E-state index contributed by atoms with van der Waals surface area (Å²) in [4.78, 5) is 13.7. The number of thioether (sulfide) groups is 1. The summed E-state index contributed by atoms with van der Waals surface area (Å²) >= 11 is 1.59. The molecule has 0 aliphatic rings. The van der Waals surface area contributed by atoms with E-state index in [1.54, 1.807) is 11.8 Å². The van der Waals surface area contributed by atoms with Crippen LogP contribution in [0.25, 0.3) is 0 Å². The third kappa shape index (κ3) is 8.80. The number of carbonyl (C=O) groups excluding carboxylic acids is 1. The van der Waals surface area contributed by atoms with Crippen molar-refractivity contribution in [1.82, 2.24) is 10.2 Å². The molecule has 0 rings (SSSR count). The normalized spacial score (nSPS) is 10.4. The summed E-state index contributed by atoms with van der Waals surface area (Å²) in [6.45, 7) is 11.9. The smallest absolute Gasteiger partial charge is 0.230 e. The Morgan fingerprint density at radius 3 is 2.69 bits per heavy atom. The van der Waals surface area contributed by atoms with Crippen LogP contribution in [-0.4, -0.2) is 48.5 Å².